The second-order valence-electron chi connectivity index (χ2n) is 4.80. The number of benzene rings is 2. The zero-order valence-electron chi connectivity index (χ0n) is 11.3. The fourth-order valence-electron chi connectivity index (χ4n) is 1.89. The lowest BCUT2D eigenvalue weighted by Gasteiger charge is -2.13. The second kappa shape index (κ2) is 7.37. The molecule has 2 N–H and O–H groups in total. The Kier molecular flexibility index (Phi) is 5.79. The molecule has 1 nitrogen and oxygen atoms in total. The van der Waals surface area contributed by atoms with E-state index in [0.717, 1.165) is 17.7 Å². The van der Waals surface area contributed by atoms with Crippen LogP contribution in [0.4, 0.5) is 0 Å². The van der Waals surface area contributed by atoms with E-state index in [0.29, 0.717) is 10.0 Å². The summed E-state index contributed by atoms with van der Waals surface area (Å²) in [6.45, 7) is 2.08. The number of aryl methyl sites for hydroxylation is 1. The second-order valence-corrected chi connectivity index (χ2v) is 6.68. The number of nitrogens with two attached hydrogens (primary N) is 1. The Balaban J connectivity index is 1.91. The van der Waals surface area contributed by atoms with Crippen LogP contribution < -0.4 is 5.73 Å². The predicted octanol–water partition coefficient (Wildman–Crippen LogP) is 4.96. The van der Waals surface area contributed by atoms with Gasteiger partial charge in [-0.05, 0) is 37.1 Å². The van der Waals surface area contributed by atoms with Crippen molar-refractivity contribution in [3.63, 3.8) is 0 Å². The van der Waals surface area contributed by atoms with Crippen molar-refractivity contribution in [1.82, 2.24) is 0 Å². The molecule has 1 atom stereocenters. The minimum absolute atomic E-state index is 0.0530. The van der Waals surface area contributed by atoms with E-state index in [1.54, 1.807) is 17.8 Å². The Morgan fingerprint density at radius 1 is 1.10 bits per heavy atom. The molecule has 0 amide bonds. The molecule has 0 spiro atoms. The number of hydrogen-bond donors (Lipinski definition) is 1. The Morgan fingerprint density at radius 3 is 2.50 bits per heavy atom. The zero-order valence-corrected chi connectivity index (χ0v) is 13.6. The number of rotatable bonds is 5. The molecule has 2 rings (SSSR count). The lowest BCUT2D eigenvalue weighted by Crippen LogP contribution is -2.25. The molecule has 4 heteroatoms. The molecule has 0 heterocycles. The standard InChI is InChI=1S/C16H17Cl2NS/c1-11-5-7-14(8-6-11)20-10-13(19)9-12-3-2-4-15(17)16(12)18/h2-8,13H,9-10,19H2,1H3. The van der Waals surface area contributed by atoms with Gasteiger partial charge in [0.25, 0.3) is 0 Å². The minimum atomic E-state index is 0.0530. The summed E-state index contributed by atoms with van der Waals surface area (Å²) < 4.78 is 0. The quantitative estimate of drug-likeness (QED) is 0.786. The zero-order chi connectivity index (χ0) is 14.5. The molecule has 0 saturated carbocycles. The summed E-state index contributed by atoms with van der Waals surface area (Å²) in [5.41, 5.74) is 8.46. The molecule has 2 aromatic carbocycles. The summed E-state index contributed by atoms with van der Waals surface area (Å²) in [6.07, 6.45) is 0.734. The highest BCUT2D eigenvalue weighted by Gasteiger charge is 2.10. The van der Waals surface area contributed by atoms with Gasteiger partial charge in [-0.1, -0.05) is 53.0 Å². The van der Waals surface area contributed by atoms with E-state index in [-0.39, 0.29) is 6.04 Å². The molecular formula is C16H17Cl2NS. The fourth-order valence-corrected chi connectivity index (χ4v) is 3.14. The lowest BCUT2D eigenvalue weighted by atomic mass is 10.1. The molecule has 106 valence electrons. The maximum atomic E-state index is 6.18. The third-order valence-corrected chi connectivity index (χ3v) is 5.06. The molecule has 2 aromatic rings. The Bertz CT molecular complexity index is 569. The highest BCUT2D eigenvalue weighted by molar-refractivity contribution is 7.99. The van der Waals surface area contributed by atoms with E-state index in [9.17, 15) is 0 Å². The minimum Gasteiger partial charge on any atom is -0.327 e. The van der Waals surface area contributed by atoms with Crippen molar-refractivity contribution in [3.8, 4) is 0 Å². The molecule has 0 saturated heterocycles. The van der Waals surface area contributed by atoms with E-state index < -0.39 is 0 Å². The normalized spacial score (nSPS) is 12.4. The van der Waals surface area contributed by atoms with Crippen LogP contribution in [0, 0.1) is 6.92 Å². The van der Waals surface area contributed by atoms with Gasteiger partial charge < -0.3 is 5.73 Å². The van der Waals surface area contributed by atoms with E-state index in [1.807, 2.05) is 12.1 Å². The first-order valence-electron chi connectivity index (χ1n) is 6.44. The largest absolute Gasteiger partial charge is 0.327 e. The summed E-state index contributed by atoms with van der Waals surface area (Å²) in [4.78, 5) is 1.24. The average Bonchev–Trinajstić information content (AvgIpc) is 2.43. The van der Waals surface area contributed by atoms with Crippen LogP contribution in [0.2, 0.25) is 10.0 Å². The molecule has 20 heavy (non-hydrogen) atoms. The summed E-state index contributed by atoms with van der Waals surface area (Å²) in [6, 6.07) is 14.2. The van der Waals surface area contributed by atoms with E-state index in [2.05, 4.69) is 31.2 Å². The predicted molar refractivity (Wildman–Crippen MR) is 90.0 cm³/mol. The van der Waals surface area contributed by atoms with Gasteiger partial charge in [-0.25, -0.2) is 0 Å². The van der Waals surface area contributed by atoms with Gasteiger partial charge in [0, 0.05) is 16.7 Å². The van der Waals surface area contributed by atoms with Gasteiger partial charge >= 0.3 is 0 Å². The molecule has 0 bridgehead atoms. The van der Waals surface area contributed by atoms with E-state index >= 15 is 0 Å². The van der Waals surface area contributed by atoms with Gasteiger partial charge in [0.1, 0.15) is 0 Å². The Labute approximate surface area is 134 Å². The Hall–Kier alpha value is -0.670. The van der Waals surface area contributed by atoms with Crippen molar-refractivity contribution >= 4 is 35.0 Å². The average molecular weight is 326 g/mol. The molecule has 0 aliphatic carbocycles. The van der Waals surface area contributed by atoms with Gasteiger partial charge in [0.15, 0.2) is 0 Å². The molecule has 0 aliphatic rings. The molecule has 0 fully saturated rings. The van der Waals surface area contributed by atoms with Crippen molar-refractivity contribution < 1.29 is 0 Å². The third kappa shape index (κ3) is 4.42. The lowest BCUT2D eigenvalue weighted by molar-refractivity contribution is 0.749. The molecule has 0 aromatic heterocycles. The van der Waals surface area contributed by atoms with Crippen molar-refractivity contribution in [2.75, 3.05) is 5.75 Å². The van der Waals surface area contributed by atoms with Crippen LogP contribution in [0.25, 0.3) is 0 Å². The summed E-state index contributed by atoms with van der Waals surface area (Å²) in [5.74, 6) is 0.853. The summed E-state index contributed by atoms with van der Waals surface area (Å²) >= 11 is 14.0. The maximum absolute atomic E-state index is 6.18. The summed E-state index contributed by atoms with van der Waals surface area (Å²) in [7, 11) is 0. The fraction of sp³-hybridized carbons (Fsp3) is 0.250. The monoisotopic (exact) mass is 325 g/mol. The van der Waals surface area contributed by atoms with Crippen molar-refractivity contribution in [2.24, 2.45) is 5.73 Å². The number of hydrogen-bond acceptors (Lipinski definition) is 2. The first kappa shape index (κ1) is 15.7. The van der Waals surface area contributed by atoms with Gasteiger partial charge in [-0.2, -0.15) is 0 Å². The first-order valence-corrected chi connectivity index (χ1v) is 8.18. The molecular weight excluding hydrogens is 309 g/mol. The van der Waals surface area contributed by atoms with Crippen LogP contribution in [-0.4, -0.2) is 11.8 Å². The molecule has 0 aliphatic heterocycles. The highest BCUT2D eigenvalue weighted by atomic mass is 35.5. The van der Waals surface area contributed by atoms with E-state index in [4.69, 9.17) is 28.9 Å². The highest BCUT2D eigenvalue weighted by Crippen LogP contribution is 2.27. The Morgan fingerprint density at radius 2 is 1.80 bits per heavy atom. The van der Waals surface area contributed by atoms with Crippen LogP contribution in [0.5, 0.6) is 0 Å². The van der Waals surface area contributed by atoms with Crippen LogP contribution in [0.15, 0.2) is 47.4 Å². The van der Waals surface area contributed by atoms with Crippen molar-refractivity contribution in [1.29, 1.82) is 0 Å². The van der Waals surface area contributed by atoms with Crippen LogP contribution >= 0.6 is 35.0 Å². The molecule has 1 unspecified atom stereocenters. The van der Waals surface area contributed by atoms with Gasteiger partial charge in [-0.15, -0.1) is 11.8 Å². The topological polar surface area (TPSA) is 26.0 Å². The van der Waals surface area contributed by atoms with Crippen molar-refractivity contribution in [2.45, 2.75) is 24.3 Å². The SMILES string of the molecule is Cc1ccc(SCC(N)Cc2cccc(Cl)c2Cl)cc1. The van der Waals surface area contributed by atoms with Crippen LogP contribution in [-0.2, 0) is 6.42 Å². The van der Waals surface area contributed by atoms with Gasteiger partial charge in [-0.3, -0.25) is 0 Å². The summed E-state index contributed by atoms with van der Waals surface area (Å²) in [5, 5.41) is 1.20. The van der Waals surface area contributed by atoms with Crippen molar-refractivity contribution in [3.05, 3.63) is 63.6 Å². The van der Waals surface area contributed by atoms with Crippen LogP contribution in [0.1, 0.15) is 11.1 Å². The number of thioether (sulfide) groups is 1. The maximum Gasteiger partial charge on any atom is 0.0624 e. The van der Waals surface area contributed by atoms with Crippen LogP contribution in [0.3, 0.4) is 0 Å². The first-order chi connectivity index (χ1) is 9.56. The van der Waals surface area contributed by atoms with Gasteiger partial charge in [0.2, 0.25) is 0 Å². The number of halogens is 2. The van der Waals surface area contributed by atoms with Gasteiger partial charge in [0.05, 0.1) is 10.0 Å². The third-order valence-electron chi connectivity index (χ3n) is 3.00. The smallest absolute Gasteiger partial charge is 0.0624 e. The van der Waals surface area contributed by atoms with E-state index in [1.165, 1.54) is 10.5 Å². The molecule has 0 radical (unpaired) electrons.